The lowest BCUT2D eigenvalue weighted by molar-refractivity contribution is 0.00578. The summed E-state index contributed by atoms with van der Waals surface area (Å²) in [6, 6.07) is 10.4. The summed E-state index contributed by atoms with van der Waals surface area (Å²) >= 11 is 0. The summed E-state index contributed by atoms with van der Waals surface area (Å²) < 4.78 is 12.2. The Morgan fingerprint density at radius 2 is 1.50 bits per heavy atom. The van der Waals surface area contributed by atoms with E-state index in [1.807, 2.05) is 18.5 Å². The highest BCUT2D eigenvalue weighted by atomic mass is 16.7. The van der Waals surface area contributed by atoms with Crippen molar-refractivity contribution in [2.24, 2.45) is 0 Å². The Morgan fingerprint density at radius 1 is 0.909 bits per heavy atom. The second-order valence-electron chi connectivity index (χ2n) is 6.90. The van der Waals surface area contributed by atoms with Gasteiger partial charge in [-0.25, -0.2) is 0 Å². The van der Waals surface area contributed by atoms with Crippen LogP contribution in [0.1, 0.15) is 33.3 Å². The topological polar surface area (TPSA) is 31.4 Å². The smallest absolute Gasteiger partial charge is 0.399 e. The summed E-state index contributed by atoms with van der Waals surface area (Å²) in [7, 11) is -0.311. The van der Waals surface area contributed by atoms with Gasteiger partial charge in [-0.1, -0.05) is 24.3 Å². The molecule has 2 heterocycles. The number of pyridine rings is 1. The second kappa shape index (κ2) is 5.22. The zero-order chi connectivity index (χ0) is 16.0. The molecule has 2 aromatic rings. The number of nitrogens with zero attached hydrogens (tertiary/aromatic N) is 1. The van der Waals surface area contributed by atoms with E-state index in [1.165, 1.54) is 5.56 Å². The molecule has 1 fully saturated rings. The minimum absolute atomic E-state index is 0.309. The van der Waals surface area contributed by atoms with Crippen LogP contribution in [0.3, 0.4) is 0 Å². The predicted octanol–water partition coefficient (Wildman–Crippen LogP) is 3.36. The molecular formula is C18H22BNO2. The van der Waals surface area contributed by atoms with Crippen LogP contribution >= 0.6 is 0 Å². The number of aromatic nitrogens is 1. The van der Waals surface area contributed by atoms with E-state index < -0.39 is 0 Å². The molecule has 1 aromatic heterocycles. The van der Waals surface area contributed by atoms with E-state index in [2.05, 4.69) is 63.9 Å². The van der Waals surface area contributed by atoms with Gasteiger partial charge in [-0.3, -0.25) is 4.98 Å². The van der Waals surface area contributed by atoms with Crippen molar-refractivity contribution in [3.63, 3.8) is 0 Å². The quantitative estimate of drug-likeness (QED) is 0.796. The van der Waals surface area contributed by atoms with Gasteiger partial charge in [0.05, 0.1) is 11.2 Å². The zero-order valence-corrected chi connectivity index (χ0v) is 13.9. The molecule has 114 valence electrons. The molecule has 0 aliphatic carbocycles. The Labute approximate surface area is 132 Å². The largest absolute Gasteiger partial charge is 0.494 e. The Kier molecular flexibility index (Phi) is 3.62. The van der Waals surface area contributed by atoms with Crippen molar-refractivity contribution in [2.45, 2.75) is 45.8 Å². The van der Waals surface area contributed by atoms with E-state index in [0.717, 1.165) is 16.6 Å². The molecule has 22 heavy (non-hydrogen) atoms. The van der Waals surface area contributed by atoms with Crippen molar-refractivity contribution in [1.29, 1.82) is 0 Å². The molecule has 0 N–H and O–H groups in total. The molecule has 1 aliphatic rings. The molecular weight excluding hydrogens is 273 g/mol. The summed E-state index contributed by atoms with van der Waals surface area (Å²) in [6.45, 7) is 10.4. The zero-order valence-electron chi connectivity index (χ0n) is 13.9. The predicted molar refractivity (Wildman–Crippen MR) is 90.1 cm³/mol. The first kappa shape index (κ1) is 15.3. The molecule has 0 amide bonds. The van der Waals surface area contributed by atoms with Crippen molar-refractivity contribution >= 4 is 12.6 Å². The molecule has 0 spiro atoms. The minimum atomic E-state index is -0.311. The number of hydrogen-bond acceptors (Lipinski definition) is 3. The van der Waals surface area contributed by atoms with Crippen molar-refractivity contribution in [2.75, 3.05) is 0 Å². The van der Waals surface area contributed by atoms with Gasteiger partial charge in [0.25, 0.3) is 0 Å². The van der Waals surface area contributed by atoms with Crippen LogP contribution in [0.15, 0.2) is 42.7 Å². The summed E-state index contributed by atoms with van der Waals surface area (Å²) in [5.74, 6) is 0. The lowest BCUT2D eigenvalue weighted by Crippen LogP contribution is -2.41. The van der Waals surface area contributed by atoms with Crippen molar-refractivity contribution in [1.82, 2.24) is 4.98 Å². The number of benzene rings is 1. The van der Waals surface area contributed by atoms with E-state index in [0.29, 0.717) is 0 Å². The summed E-state index contributed by atoms with van der Waals surface area (Å²) in [4.78, 5) is 4.21. The summed E-state index contributed by atoms with van der Waals surface area (Å²) in [6.07, 6.45) is 3.72. The standard InChI is InChI=1S/C18H22BNO2/c1-13-10-11-20-12-16(13)14-6-8-15(9-7-14)19-21-17(2,3)18(4,5)22-19/h6-12H,1-5H3. The van der Waals surface area contributed by atoms with Crippen LogP contribution in [-0.2, 0) is 9.31 Å². The van der Waals surface area contributed by atoms with Crippen molar-refractivity contribution < 1.29 is 9.31 Å². The summed E-state index contributed by atoms with van der Waals surface area (Å²) in [5.41, 5.74) is 3.96. The normalized spacial score (nSPS) is 19.4. The lowest BCUT2D eigenvalue weighted by Gasteiger charge is -2.32. The lowest BCUT2D eigenvalue weighted by atomic mass is 9.78. The molecule has 3 nitrogen and oxygen atoms in total. The highest BCUT2D eigenvalue weighted by Gasteiger charge is 2.51. The van der Waals surface area contributed by atoms with E-state index in [9.17, 15) is 0 Å². The van der Waals surface area contributed by atoms with Gasteiger partial charge in [-0.2, -0.15) is 0 Å². The first-order valence-electron chi connectivity index (χ1n) is 7.67. The van der Waals surface area contributed by atoms with Gasteiger partial charge in [0.2, 0.25) is 0 Å². The molecule has 1 aliphatic heterocycles. The Hall–Kier alpha value is -1.65. The van der Waals surface area contributed by atoms with Crippen LogP contribution in [-0.4, -0.2) is 23.3 Å². The third-order valence-corrected chi connectivity index (χ3v) is 4.79. The van der Waals surface area contributed by atoms with Crippen LogP contribution in [0.4, 0.5) is 0 Å². The van der Waals surface area contributed by atoms with Crippen LogP contribution in [0.2, 0.25) is 0 Å². The van der Waals surface area contributed by atoms with Crippen molar-refractivity contribution in [3.05, 3.63) is 48.3 Å². The highest BCUT2D eigenvalue weighted by molar-refractivity contribution is 6.62. The van der Waals surface area contributed by atoms with Crippen LogP contribution in [0.5, 0.6) is 0 Å². The van der Waals surface area contributed by atoms with Crippen molar-refractivity contribution in [3.8, 4) is 11.1 Å². The van der Waals surface area contributed by atoms with E-state index in [4.69, 9.17) is 9.31 Å². The van der Waals surface area contributed by atoms with Crippen LogP contribution in [0, 0.1) is 6.92 Å². The number of aryl methyl sites for hydroxylation is 1. The summed E-state index contributed by atoms with van der Waals surface area (Å²) in [5, 5.41) is 0. The minimum Gasteiger partial charge on any atom is -0.399 e. The fraction of sp³-hybridized carbons (Fsp3) is 0.389. The van der Waals surface area contributed by atoms with Gasteiger partial charge < -0.3 is 9.31 Å². The van der Waals surface area contributed by atoms with Crippen LogP contribution < -0.4 is 5.46 Å². The average molecular weight is 295 g/mol. The molecule has 3 rings (SSSR count). The van der Waals surface area contributed by atoms with E-state index in [1.54, 1.807) is 0 Å². The van der Waals surface area contributed by atoms with Gasteiger partial charge in [0.15, 0.2) is 0 Å². The maximum atomic E-state index is 6.08. The van der Waals surface area contributed by atoms with Gasteiger partial charge in [-0.05, 0) is 57.3 Å². The maximum absolute atomic E-state index is 6.08. The third kappa shape index (κ3) is 2.57. The SMILES string of the molecule is Cc1ccncc1-c1ccc(B2OC(C)(C)C(C)(C)O2)cc1. The van der Waals surface area contributed by atoms with E-state index >= 15 is 0 Å². The van der Waals surface area contributed by atoms with Gasteiger partial charge in [-0.15, -0.1) is 0 Å². The first-order valence-corrected chi connectivity index (χ1v) is 7.67. The molecule has 0 unspecified atom stereocenters. The molecule has 0 saturated carbocycles. The number of hydrogen-bond donors (Lipinski definition) is 0. The molecule has 0 atom stereocenters. The third-order valence-electron chi connectivity index (χ3n) is 4.79. The molecule has 0 bridgehead atoms. The Bertz CT molecular complexity index is 664. The fourth-order valence-corrected chi connectivity index (χ4v) is 2.57. The molecule has 0 radical (unpaired) electrons. The van der Waals surface area contributed by atoms with Crippen LogP contribution in [0.25, 0.3) is 11.1 Å². The average Bonchev–Trinajstić information content (AvgIpc) is 2.68. The van der Waals surface area contributed by atoms with Gasteiger partial charge in [0.1, 0.15) is 0 Å². The molecule has 1 saturated heterocycles. The fourth-order valence-electron chi connectivity index (χ4n) is 2.57. The maximum Gasteiger partial charge on any atom is 0.494 e. The van der Waals surface area contributed by atoms with E-state index in [-0.39, 0.29) is 18.3 Å². The van der Waals surface area contributed by atoms with Gasteiger partial charge >= 0.3 is 7.12 Å². The first-order chi connectivity index (χ1) is 10.3. The number of rotatable bonds is 2. The van der Waals surface area contributed by atoms with Gasteiger partial charge in [0, 0.05) is 18.0 Å². The highest BCUT2D eigenvalue weighted by Crippen LogP contribution is 2.36. The molecule has 1 aromatic carbocycles. The monoisotopic (exact) mass is 295 g/mol. The molecule has 4 heteroatoms. The second-order valence-corrected chi connectivity index (χ2v) is 6.90. The Balaban J connectivity index is 1.86. The Morgan fingerprint density at radius 3 is 2.05 bits per heavy atom.